The third-order valence-corrected chi connectivity index (χ3v) is 4.75. The Labute approximate surface area is 107 Å². The maximum Gasteiger partial charge on any atom is 0.327 e. The van der Waals surface area contributed by atoms with Gasteiger partial charge >= 0.3 is 5.97 Å². The minimum absolute atomic E-state index is 0.415. The van der Waals surface area contributed by atoms with E-state index in [0.29, 0.717) is 12.8 Å². The Kier molecular flexibility index (Phi) is 5.26. The van der Waals surface area contributed by atoms with E-state index in [9.17, 15) is 19.6 Å². The summed E-state index contributed by atoms with van der Waals surface area (Å²) < 4.78 is 1.97. The molecule has 0 unspecified atom stereocenters. The van der Waals surface area contributed by atoms with Gasteiger partial charge in [-0.05, 0) is 24.3 Å². The highest BCUT2D eigenvalue weighted by Crippen LogP contribution is 2.42. The van der Waals surface area contributed by atoms with E-state index in [2.05, 4.69) is 9.90 Å². The van der Waals surface area contributed by atoms with Crippen molar-refractivity contribution in [3.05, 3.63) is 4.91 Å². The molecule has 1 atom stereocenters. The van der Waals surface area contributed by atoms with Gasteiger partial charge < -0.3 is 10.4 Å². The van der Waals surface area contributed by atoms with Crippen LogP contribution in [0.5, 0.6) is 0 Å². The molecule has 0 aliphatic carbocycles. The second-order valence-electron chi connectivity index (χ2n) is 3.81. The van der Waals surface area contributed by atoms with Crippen molar-refractivity contribution in [3.63, 3.8) is 0 Å². The number of carbonyl (C=O) groups is 2. The number of nitroso groups, excluding NO2 is 1. The zero-order valence-electron chi connectivity index (χ0n) is 9.34. The molecular weight excluding hydrogens is 264 g/mol. The number of rotatable bonds is 5. The number of carboxylic acids is 1. The lowest BCUT2D eigenvalue weighted by Crippen LogP contribution is -2.56. The van der Waals surface area contributed by atoms with Crippen LogP contribution in [0.15, 0.2) is 4.58 Å². The lowest BCUT2D eigenvalue weighted by Gasteiger charge is -2.38. The zero-order chi connectivity index (χ0) is 12.9. The second kappa shape index (κ2) is 6.25. The summed E-state index contributed by atoms with van der Waals surface area (Å²) in [6, 6.07) is -1.07. The molecule has 1 saturated heterocycles. The molecule has 8 heteroatoms. The van der Waals surface area contributed by atoms with E-state index in [1.807, 2.05) is 0 Å². The van der Waals surface area contributed by atoms with E-state index >= 15 is 0 Å². The lowest BCUT2D eigenvalue weighted by atomic mass is 9.92. The number of aliphatic carboxylic acids is 1. The Bertz CT molecular complexity index is 318. The molecule has 1 amide bonds. The van der Waals surface area contributed by atoms with Gasteiger partial charge in [0.05, 0.1) is 4.75 Å². The molecule has 1 rings (SSSR count). The number of nitrogens with one attached hydrogen (secondary N) is 1. The van der Waals surface area contributed by atoms with Crippen molar-refractivity contribution in [2.24, 2.45) is 4.58 Å². The first-order valence-corrected chi connectivity index (χ1v) is 7.03. The van der Waals surface area contributed by atoms with E-state index in [0.717, 1.165) is 23.5 Å². The molecule has 1 aliphatic rings. The van der Waals surface area contributed by atoms with Crippen LogP contribution in [0.2, 0.25) is 0 Å². The maximum absolute atomic E-state index is 11.2. The van der Waals surface area contributed by atoms with Gasteiger partial charge in [-0.25, -0.2) is 4.79 Å². The normalized spacial score (nSPS) is 20.3. The van der Waals surface area contributed by atoms with E-state index in [1.54, 1.807) is 11.8 Å². The van der Waals surface area contributed by atoms with Crippen LogP contribution in [0.3, 0.4) is 0 Å². The van der Waals surface area contributed by atoms with Gasteiger partial charge in [0.25, 0.3) is 0 Å². The van der Waals surface area contributed by atoms with Crippen molar-refractivity contribution in [1.29, 1.82) is 0 Å². The predicted molar refractivity (Wildman–Crippen MR) is 67.9 cm³/mol. The maximum atomic E-state index is 11.2. The fraction of sp³-hybridized carbons (Fsp3) is 0.778. The molecule has 96 valence electrons. The Morgan fingerprint density at radius 3 is 2.47 bits per heavy atom. The smallest absolute Gasteiger partial charge is 0.327 e. The van der Waals surface area contributed by atoms with Gasteiger partial charge in [-0.3, -0.25) is 4.79 Å². The predicted octanol–water partition coefficient (Wildman–Crippen LogP) is 1.26. The summed E-state index contributed by atoms with van der Waals surface area (Å²) in [5.74, 6) is 0.00219. The summed E-state index contributed by atoms with van der Waals surface area (Å²) in [4.78, 5) is 32.8. The molecule has 0 bridgehead atoms. The average Bonchev–Trinajstić information content (AvgIpc) is 2.27. The van der Waals surface area contributed by atoms with Gasteiger partial charge in [0.1, 0.15) is 6.04 Å². The SMILES string of the molecule is CC(=O)N[C@H](C(=O)O)C1(SN=O)CCSCC1. The van der Waals surface area contributed by atoms with Gasteiger partial charge in [0.15, 0.2) is 0 Å². The Balaban J connectivity index is 2.94. The number of carboxylic acid groups (broad SMARTS) is 1. The number of nitrogens with zero attached hydrogens (tertiary/aromatic N) is 1. The molecule has 17 heavy (non-hydrogen) atoms. The summed E-state index contributed by atoms with van der Waals surface area (Å²) in [5, 5.41) is 11.6. The fourth-order valence-corrected chi connectivity index (χ4v) is 4.13. The van der Waals surface area contributed by atoms with Gasteiger partial charge in [0.2, 0.25) is 5.91 Å². The molecule has 0 aromatic carbocycles. The monoisotopic (exact) mass is 278 g/mol. The van der Waals surface area contributed by atoms with Crippen LogP contribution in [0.25, 0.3) is 0 Å². The molecule has 0 aromatic heterocycles. The van der Waals surface area contributed by atoms with Crippen molar-refractivity contribution in [2.45, 2.75) is 30.6 Å². The number of hydrogen-bond donors (Lipinski definition) is 2. The van der Waals surface area contributed by atoms with Crippen LogP contribution < -0.4 is 5.32 Å². The van der Waals surface area contributed by atoms with Gasteiger partial charge in [-0.15, -0.1) is 4.91 Å². The lowest BCUT2D eigenvalue weighted by molar-refractivity contribution is -0.142. The van der Waals surface area contributed by atoms with Crippen molar-refractivity contribution in [1.82, 2.24) is 5.32 Å². The van der Waals surface area contributed by atoms with Gasteiger partial charge in [0, 0.05) is 23.5 Å². The molecule has 1 heterocycles. The van der Waals surface area contributed by atoms with Crippen LogP contribution in [0, 0.1) is 4.91 Å². The number of hydrogen-bond acceptors (Lipinski definition) is 6. The summed E-state index contributed by atoms with van der Waals surface area (Å²) >= 11 is 2.45. The molecule has 0 radical (unpaired) electrons. The third kappa shape index (κ3) is 3.60. The first-order chi connectivity index (χ1) is 8.02. The minimum Gasteiger partial charge on any atom is -0.480 e. The summed E-state index contributed by atoms with van der Waals surface area (Å²) in [6.07, 6.45) is 1.09. The topological polar surface area (TPSA) is 95.8 Å². The van der Waals surface area contributed by atoms with E-state index in [1.165, 1.54) is 6.92 Å². The summed E-state index contributed by atoms with van der Waals surface area (Å²) in [7, 11) is 0. The van der Waals surface area contributed by atoms with Crippen molar-refractivity contribution >= 4 is 35.6 Å². The molecule has 1 fully saturated rings. The van der Waals surface area contributed by atoms with Crippen LogP contribution in [-0.4, -0.2) is 39.3 Å². The Hall–Kier alpha value is -0.760. The highest BCUT2D eigenvalue weighted by Gasteiger charge is 2.46. The van der Waals surface area contributed by atoms with Crippen LogP contribution in [0.1, 0.15) is 19.8 Å². The average molecular weight is 278 g/mol. The molecule has 0 spiro atoms. The molecule has 0 aromatic rings. The third-order valence-electron chi connectivity index (χ3n) is 2.68. The molecule has 6 nitrogen and oxygen atoms in total. The Morgan fingerprint density at radius 2 is 2.06 bits per heavy atom. The van der Waals surface area contributed by atoms with Gasteiger partial charge in [-0.1, -0.05) is 0 Å². The standard InChI is InChI=1S/C9H14N2O4S2/c1-6(12)10-7(8(13)14)9(17-11-15)2-4-16-5-3-9/h7H,2-5H2,1H3,(H,10,12)(H,13,14)/t7-/m1/s1. The first kappa shape index (κ1) is 14.3. The van der Waals surface area contributed by atoms with E-state index in [-0.39, 0.29) is 0 Å². The summed E-state index contributed by atoms with van der Waals surface area (Å²) in [6.45, 7) is 1.26. The largest absolute Gasteiger partial charge is 0.480 e. The molecule has 0 saturated carbocycles. The van der Waals surface area contributed by atoms with Crippen LogP contribution in [0.4, 0.5) is 0 Å². The number of amides is 1. The van der Waals surface area contributed by atoms with Crippen LogP contribution >= 0.6 is 23.7 Å². The summed E-state index contributed by atoms with van der Waals surface area (Å²) in [5.41, 5.74) is 0. The highest BCUT2D eigenvalue weighted by molar-refractivity contribution is 8.00. The highest BCUT2D eigenvalue weighted by atomic mass is 32.2. The van der Waals surface area contributed by atoms with E-state index < -0.39 is 22.7 Å². The Morgan fingerprint density at radius 1 is 1.47 bits per heavy atom. The zero-order valence-corrected chi connectivity index (χ0v) is 11.0. The second-order valence-corrected chi connectivity index (χ2v) is 6.18. The van der Waals surface area contributed by atoms with Crippen molar-refractivity contribution in [2.75, 3.05) is 11.5 Å². The van der Waals surface area contributed by atoms with Gasteiger partial charge in [-0.2, -0.15) is 11.8 Å². The van der Waals surface area contributed by atoms with Crippen LogP contribution in [-0.2, 0) is 9.59 Å². The first-order valence-electron chi connectivity index (χ1n) is 5.10. The van der Waals surface area contributed by atoms with Crippen molar-refractivity contribution in [3.8, 4) is 0 Å². The minimum atomic E-state index is -1.12. The van der Waals surface area contributed by atoms with E-state index in [4.69, 9.17) is 0 Å². The molecular formula is C9H14N2O4S2. The number of thioether (sulfide) groups is 1. The molecule has 1 aliphatic heterocycles. The van der Waals surface area contributed by atoms with Crippen molar-refractivity contribution < 1.29 is 14.7 Å². The quantitative estimate of drug-likeness (QED) is 0.580. The molecule has 2 N–H and O–H groups in total. The fourth-order valence-electron chi connectivity index (χ4n) is 1.85. The number of carbonyl (C=O) groups excluding carboxylic acids is 1.